The van der Waals surface area contributed by atoms with Crippen LogP contribution in [0.3, 0.4) is 0 Å². The van der Waals surface area contributed by atoms with Crippen molar-refractivity contribution in [3.63, 3.8) is 0 Å². The monoisotopic (exact) mass is 308 g/mol. The van der Waals surface area contributed by atoms with Crippen molar-refractivity contribution >= 4 is 15.9 Å². The van der Waals surface area contributed by atoms with Crippen LogP contribution in [-0.2, 0) is 6.42 Å². The van der Waals surface area contributed by atoms with Gasteiger partial charge in [-0.1, -0.05) is 29.3 Å². The topological polar surface area (TPSA) is 66.0 Å². The molecule has 0 amide bonds. The molecule has 0 radical (unpaired) electrons. The Morgan fingerprint density at radius 1 is 1.28 bits per heavy atom. The second kappa shape index (κ2) is 4.94. The second-order valence-corrected chi connectivity index (χ2v) is 5.12. The Kier molecular flexibility index (Phi) is 3.52. The van der Waals surface area contributed by atoms with Gasteiger partial charge in [0.25, 0.3) is 5.56 Å². The number of aromatic amines is 1. The van der Waals surface area contributed by atoms with Gasteiger partial charge in [-0.05, 0) is 35.3 Å². The van der Waals surface area contributed by atoms with E-state index in [9.17, 15) is 9.90 Å². The molecule has 94 valence electrons. The summed E-state index contributed by atoms with van der Waals surface area (Å²) in [7, 11) is 0. The minimum Gasteiger partial charge on any atom is -0.492 e. The number of hydrogen-bond acceptors (Lipinski definition) is 3. The molecule has 0 saturated heterocycles. The number of nitrogens with zero attached hydrogens (tertiary/aromatic N) is 1. The third kappa shape index (κ3) is 2.79. The molecule has 0 bridgehead atoms. The van der Waals surface area contributed by atoms with Crippen molar-refractivity contribution in [1.29, 1.82) is 0 Å². The van der Waals surface area contributed by atoms with E-state index >= 15 is 0 Å². The Balaban J connectivity index is 2.37. The maximum Gasteiger partial charge on any atom is 0.269 e. The largest absolute Gasteiger partial charge is 0.492 e. The first-order valence-electron chi connectivity index (χ1n) is 5.50. The Morgan fingerprint density at radius 2 is 1.89 bits per heavy atom. The zero-order valence-corrected chi connectivity index (χ0v) is 11.7. The fourth-order valence-corrected chi connectivity index (χ4v) is 2.13. The van der Waals surface area contributed by atoms with Gasteiger partial charge in [-0.25, -0.2) is 0 Å². The SMILES string of the molecule is Cc1cc(C)cc(Cc2nc(O)c(Br)c(=O)[nH]2)c1. The van der Waals surface area contributed by atoms with Crippen molar-refractivity contribution in [1.82, 2.24) is 9.97 Å². The van der Waals surface area contributed by atoms with Crippen LogP contribution in [0.15, 0.2) is 27.5 Å². The smallest absolute Gasteiger partial charge is 0.269 e. The molecular weight excluding hydrogens is 296 g/mol. The third-order valence-electron chi connectivity index (χ3n) is 2.55. The van der Waals surface area contributed by atoms with Gasteiger partial charge in [0.15, 0.2) is 0 Å². The number of hydrogen-bond donors (Lipinski definition) is 2. The lowest BCUT2D eigenvalue weighted by molar-refractivity contribution is 0.444. The molecule has 0 unspecified atom stereocenters. The van der Waals surface area contributed by atoms with Gasteiger partial charge in [0.05, 0.1) is 0 Å². The van der Waals surface area contributed by atoms with Gasteiger partial charge in [-0.2, -0.15) is 4.98 Å². The van der Waals surface area contributed by atoms with Crippen molar-refractivity contribution in [3.8, 4) is 5.88 Å². The number of halogens is 1. The number of nitrogens with one attached hydrogen (secondary N) is 1. The number of aromatic hydroxyl groups is 1. The summed E-state index contributed by atoms with van der Waals surface area (Å²) >= 11 is 2.97. The van der Waals surface area contributed by atoms with Crippen molar-refractivity contribution in [2.24, 2.45) is 0 Å². The van der Waals surface area contributed by atoms with Crippen LogP contribution in [0.1, 0.15) is 22.5 Å². The minimum absolute atomic E-state index is 0.0617. The minimum atomic E-state index is -0.373. The van der Waals surface area contributed by atoms with Gasteiger partial charge in [0.1, 0.15) is 10.3 Å². The van der Waals surface area contributed by atoms with Crippen molar-refractivity contribution in [3.05, 3.63) is 55.5 Å². The highest BCUT2D eigenvalue weighted by atomic mass is 79.9. The molecule has 0 atom stereocenters. The van der Waals surface area contributed by atoms with Crippen molar-refractivity contribution < 1.29 is 5.11 Å². The average Bonchev–Trinajstić information content (AvgIpc) is 2.24. The van der Waals surface area contributed by atoms with Gasteiger partial charge in [0.2, 0.25) is 5.88 Å². The van der Waals surface area contributed by atoms with Crippen LogP contribution in [0.5, 0.6) is 5.88 Å². The number of aromatic nitrogens is 2. The van der Waals surface area contributed by atoms with E-state index in [1.807, 2.05) is 26.0 Å². The molecular formula is C13H13BrN2O2. The molecule has 1 aromatic heterocycles. The van der Waals surface area contributed by atoms with Crippen LogP contribution in [0.2, 0.25) is 0 Å². The molecule has 0 aliphatic heterocycles. The highest BCUT2D eigenvalue weighted by molar-refractivity contribution is 9.10. The van der Waals surface area contributed by atoms with E-state index in [0.717, 1.165) is 16.7 Å². The highest BCUT2D eigenvalue weighted by Crippen LogP contribution is 2.17. The number of benzene rings is 1. The molecule has 0 spiro atoms. The lowest BCUT2D eigenvalue weighted by Gasteiger charge is -2.05. The summed E-state index contributed by atoms with van der Waals surface area (Å²) in [6, 6.07) is 6.15. The van der Waals surface area contributed by atoms with E-state index < -0.39 is 0 Å². The fraction of sp³-hybridized carbons (Fsp3) is 0.231. The summed E-state index contributed by atoms with van der Waals surface area (Å²) in [4.78, 5) is 18.1. The maximum atomic E-state index is 11.5. The van der Waals surface area contributed by atoms with E-state index in [2.05, 4.69) is 32.0 Å². The average molecular weight is 309 g/mol. The summed E-state index contributed by atoms with van der Waals surface area (Å²) in [6.07, 6.45) is 0.485. The summed E-state index contributed by atoms with van der Waals surface area (Å²) in [5, 5.41) is 9.49. The zero-order valence-electron chi connectivity index (χ0n) is 10.1. The fourth-order valence-electron chi connectivity index (χ4n) is 1.94. The van der Waals surface area contributed by atoms with Crippen LogP contribution in [-0.4, -0.2) is 15.1 Å². The van der Waals surface area contributed by atoms with E-state index in [4.69, 9.17) is 0 Å². The van der Waals surface area contributed by atoms with Crippen LogP contribution >= 0.6 is 15.9 Å². The molecule has 0 saturated carbocycles. The number of aryl methyl sites for hydroxylation is 2. The predicted octanol–water partition coefficient (Wildman–Crippen LogP) is 2.45. The van der Waals surface area contributed by atoms with E-state index in [-0.39, 0.29) is 15.9 Å². The van der Waals surface area contributed by atoms with Crippen molar-refractivity contribution in [2.75, 3.05) is 0 Å². The second-order valence-electron chi connectivity index (χ2n) is 4.32. The third-order valence-corrected chi connectivity index (χ3v) is 3.26. The van der Waals surface area contributed by atoms with Crippen LogP contribution in [0.25, 0.3) is 0 Å². The van der Waals surface area contributed by atoms with E-state index in [0.29, 0.717) is 12.2 Å². The molecule has 0 aliphatic carbocycles. The van der Waals surface area contributed by atoms with Gasteiger partial charge >= 0.3 is 0 Å². The molecule has 5 heteroatoms. The summed E-state index contributed by atoms with van der Waals surface area (Å²) < 4.78 is 0.0617. The summed E-state index contributed by atoms with van der Waals surface area (Å²) in [5.41, 5.74) is 3.00. The Hall–Kier alpha value is -1.62. The highest BCUT2D eigenvalue weighted by Gasteiger charge is 2.08. The van der Waals surface area contributed by atoms with Gasteiger partial charge in [-0.3, -0.25) is 4.79 Å². The van der Waals surface area contributed by atoms with Crippen molar-refractivity contribution in [2.45, 2.75) is 20.3 Å². The predicted molar refractivity (Wildman–Crippen MR) is 72.9 cm³/mol. The Morgan fingerprint density at radius 3 is 2.44 bits per heavy atom. The molecule has 18 heavy (non-hydrogen) atoms. The molecule has 2 aromatic rings. The van der Waals surface area contributed by atoms with Gasteiger partial charge in [0, 0.05) is 6.42 Å². The number of H-pyrrole nitrogens is 1. The molecule has 4 nitrogen and oxygen atoms in total. The first-order valence-corrected chi connectivity index (χ1v) is 6.30. The molecule has 0 aliphatic rings. The summed E-state index contributed by atoms with van der Waals surface area (Å²) in [5.74, 6) is 0.170. The Labute approximate surface area is 113 Å². The lowest BCUT2D eigenvalue weighted by Crippen LogP contribution is -2.12. The van der Waals surface area contributed by atoms with Gasteiger partial charge < -0.3 is 10.1 Å². The molecule has 2 N–H and O–H groups in total. The zero-order chi connectivity index (χ0) is 13.3. The molecule has 0 fully saturated rings. The number of rotatable bonds is 2. The van der Waals surface area contributed by atoms with Crippen LogP contribution in [0, 0.1) is 13.8 Å². The Bertz CT molecular complexity index is 630. The van der Waals surface area contributed by atoms with E-state index in [1.54, 1.807) is 0 Å². The first kappa shape index (κ1) is 12.8. The van der Waals surface area contributed by atoms with E-state index in [1.165, 1.54) is 0 Å². The molecule has 1 heterocycles. The van der Waals surface area contributed by atoms with Crippen LogP contribution in [0.4, 0.5) is 0 Å². The normalized spacial score (nSPS) is 10.6. The van der Waals surface area contributed by atoms with Gasteiger partial charge in [-0.15, -0.1) is 0 Å². The first-order chi connectivity index (χ1) is 8.45. The standard InChI is InChI=1S/C13H13BrN2O2/c1-7-3-8(2)5-9(4-7)6-10-15-12(17)11(14)13(18)16-10/h3-5H,6H2,1-2H3,(H2,15,16,17,18). The quantitative estimate of drug-likeness (QED) is 0.895. The van der Waals surface area contributed by atoms with Crippen LogP contribution < -0.4 is 5.56 Å². The molecule has 2 rings (SSSR count). The summed E-state index contributed by atoms with van der Waals surface area (Å²) in [6.45, 7) is 4.04. The molecule has 1 aromatic carbocycles. The lowest BCUT2D eigenvalue weighted by atomic mass is 10.0. The maximum absolute atomic E-state index is 11.5.